The molecule has 108 valence electrons. The van der Waals surface area contributed by atoms with Crippen LogP contribution in [0.3, 0.4) is 0 Å². The minimum Gasteiger partial charge on any atom is -0.406 e. The molecule has 3 aliphatic rings. The number of hydrogen-bond donors (Lipinski definition) is 0. The van der Waals surface area contributed by atoms with E-state index in [2.05, 4.69) is 0 Å². The van der Waals surface area contributed by atoms with E-state index in [0.717, 1.165) is 0 Å². The molecule has 0 N–H and O–H groups in total. The summed E-state index contributed by atoms with van der Waals surface area (Å²) in [6.07, 6.45) is -0.613. The standard InChI is InChI=1S/C12H21BO6/c1-11(2)14-5-7(16-11)9-10(19-13-18-9)8-6-15-12(3,4)17-8/h7-10,13H,5-6H2,1-4H3/t7-,8-,9-,10-/m1/s1. The summed E-state index contributed by atoms with van der Waals surface area (Å²) < 4.78 is 34.2. The Morgan fingerprint density at radius 3 is 1.53 bits per heavy atom. The Morgan fingerprint density at radius 1 is 0.789 bits per heavy atom. The molecule has 19 heavy (non-hydrogen) atoms. The van der Waals surface area contributed by atoms with Crippen LogP contribution in [0.1, 0.15) is 27.7 Å². The third-order valence-corrected chi connectivity index (χ3v) is 3.64. The van der Waals surface area contributed by atoms with Gasteiger partial charge >= 0.3 is 7.69 Å². The maximum absolute atomic E-state index is 5.85. The highest BCUT2D eigenvalue weighted by atomic mass is 16.8. The fourth-order valence-corrected chi connectivity index (χ4v) is 2.78. The lowest BCUT2D eigenvalue weighted by Gasteiger charge is -2.28. The molecule has 0 unspecified atom stereocenters. The molecule has 3 rings (SSSR count). The van der Waals surface area contributed by atoms with E-state index in [0.29, 0.717) is 13.2 Å². The molecule has 6 nitrogen and oxygen atoms in total. The maximum atomic E-state index is 5.85. The van der Waals surface area contributed by atoms with Crippen LogP contribution in [0, 0.1) is 0 Å². The van der Waals surface area contributed by atoms with Crippen molar-refractivity contribution in [2.45, 2.75) is 63.7 Å². The van der Waals surface area contributed by atoms with Crippen molar-refractivity contribution >= 4 is 7.69 Å². The lowest BCUT2D eigenvalue weighted by molar-refractivity contribution is -0.165. The van der Waals surface area contributed by atoms with E-state index in [9.17, 15) is 0 Å². The van der Waals surface area contributed by atoms with E-state index in [1.165, 1.54) is 0 Å². The van der Waals surface area contributed by atoms with Crippen LogP contribution in [0.2, 0.25) is 0 Å². The van der Waals surface area contributed by atoms with Gasteiger partial charge < -0.3 is 28.3 Å². The van der Waals surface area contributed by atoms with Gasteiger partial charge in [0, 0.05) is 0 Å². The van der Waals surface area contributed by atoms with Crippen LogP contribution in [0.4, 0.5) is 0 Å². The second-order valence-electron chi connectivity index (χ2n) is 6.11. The van der Waals surface area contributed by atoms with E-state index < -0.39 is 11.6 Å². The molecular weight excluding hydrogens is 251 g/mol. The fraction of sp³-hybridized carbons (Fsp3) is 1.00. The van der Waals surface area contributed by atoms with E-state index in [-0.39, 0.29) is 32.1 Å². The molecule has 0 spiro atoms. The Balaban J connectivity index is 1.66. The van der Waals surface area contributed by atoms with Gasteiger partial charge in [-0.15, -0.1) is 0 Å². The highest BCUT2D eigenvalue weighted by Gasteiger charge is 2.50. The topological polar surface area (TPSA) is 55.4 Å². The molecule has 3 fully saturated rings. The zero-order valence-electron chi connectivity index (χ0n) is 11.9. The molecule has 3 saturated heterocycles. The summed E-state index contributed by atoms with van der Waals surface area (Å²) in [6, 6.07) is 0. The third kappa shape index (κ3) is 2.81. The number of rotatable bonds is 2. The molecule has 4 atom stereocenters. The first-order valence-corrected chi connectivity index (χ1v) is 6.73. The van der Waals surface area contributed by atoms with Crippen LogP contribution in [-0.2, 0) is 28.3 Å². The predicted molar refractivity (Wildman–Crippen MR) is 66.7 cm³/mol. The normalized spacial score (nSPS) is 44.4. The largest absolute Gasteiger partial charge is 0.438 e. The van der Waals surface area contributed by atoms with Crippen LogP contribution >= 0.6 is 0 Å². The van der Waals surface area contributed by atoms with E-state index >= 15 is 0 Å². The first-order chi connectivity index (χ1) is 8.86. The summed E-state index contributed by atoms with van der Waals surface area (Å²) >= 11 is 0. The summed E-state index contributed by atoms with van der Waals surface area (Å²) in [5.74, 6) is -1.12. The Morgan fingerprint density at radius 2 is 1.21 bits per heavy atom. The summed E-state index contributed by atoms with van der Waals surface area (Å²) in [4.78, 5) is 0. The number of ether oxygens (including phenoxy) is 4. The highest BCUT2D eigenvalue weighted by Crippen LogP contribution is 2.34. The molecule has 0 saturated carbocycles. The van der Waals surface area contributed by atoms with Crippen molar-refractivity contribution in [2.24, 2.45) is 0 Å². The molecule has 0 aliphatic carbocycles. The Kier molecular flexibility index (Phi) is 3.40. The second kappa shape index (κ2) is 4.68. The van der Waals surface area contributed by atoms with Crippen LogP contribution in [0.25, 0.3) is 0 Å². The molecule has 3 heterocycles. The molecule has 3 aliphatic heterocycles. The van der Waals surface area contributed by atoms with E-state index in [4.69, 9.17) is 28.3 Å². The van der Waals surface area contributed by atoms with Gasteiger partial charge in [-0.3, -0.25) is 0 Å². The Labute approximate surface area is 113 Å². The van der Waals surface area contributed by atoms with Crippen molar-refractivity contribution in [2.75, 3.05) is 13.2 Å². The molecule has 0 aromatic heterocycles. The van der Waals surface area contributed by atoms with Gasteiger partial charge in [-0.25, -0.2) is 0 Å². The second-order valence-corrected chi connectivity index (χ2v) is 6.11. The molecule has 0 aromatic rings. The average Bonchev–Trinajstić information content (AvgIpc) is 2.96. The van der Waals surface area contributed by atoms with Gasteiger partial charge in [0.15, 0.2) is 11.6 Å². The smallest absolute Gasteiger partial charge is 0.406 e. The molecule has 0 radical (unpaired) electrons. The van der Waals surface area contributed by atoms with Crippen molar-refractivity contribution < 1.29 is 28.3 Å². The lowest BCUT2D eigenvalue weighted by atomic mass is 10.0. The van der Waals surface area contributed by atoms with Gasteiger partial charge in [-0.05, 0) is 27.7 Å². The number of hydrogen-bond acceptors (Lipinski definition) is 6. The summed E-state index contributed by atoms with van der Waals surface area (Å²) in [5.41, 5.74) is 0. The van der Waals surface area contributed by atoms with Gasteiger partial charge in [0.2, 0.25) is 0 Å². The van der Waals surface area contributed by atoms with Crippen LogP contribution in [-0.4, -0.2) is 56.9 Å². The first kappa shape index (κ1) is 13.8. The van der Waals surface area contributed by atoms with Gasteiger partial charge in [-0.2, -0.15) is 0 Å². The molecule has 0 amide bonds. The molecule has 0 bridgehead atoms. The first-order valence-electron chi connectivity index (χ1n) is 6.73. The van der Waals surface area contributed by atoms with E-state index in [1.54, 1.807) is 0 Å². The van der Waals surface area contributed by atoms with Crippen molar-refractivity contribution in [1.82, 2.24) is 0 Å². The SMILES string of the molecule is CC1(C)OC[C@H]([C@H]2OBO[C@@H]2[C@H]2COC(C)(C)O2)O1. The highest BCUT2D eigenvalue weighted by molar-refractivity contribution is 6.19. The maximum Gasteiger partial charge on any atom is 0.438 e. The van der Waals surface area contributed by atoms with Gasteiger partial charge in [0.1, 0.15) is 12.2 Å². The fourth-order valence-electron chi connectivity index (χ4n) is 2.78. The average molecular weight is 272 g/mol. The Hall–Kier alpha value is -0.175. The summed E-state index contributed by atoms with van der Waals surface area (Å²) in [6.45, 7) is 8.61. The van der Waals surface area contributed by atoms with Crippen molar-refractivity contribution in [3.63, 3.8) is 0 Å². The monoisotopic (exact) mass is 272 g/mol. The zero-order valence-corrected chi connectivity index (χ0v) is 11.9. The van der Waals surface area contributed by atoms with Crippen molar-refractivity contribution in [3.8, 4) is 0 Å². The zero-order chi connectivity index (χ0) is 13.7. The summed E-state index contributed by atoms with van der Waals surface area (Å²) in [7, 11) is 0.260. The minimum atomic E-state index is -0.562. The quantitative estimate of drug-likeness (QED) is 0.676. The molecule has 7 heteroatoms. The van der Waals surface area contributed by atoms with Gasteiger partial charge in [0.05, 0.1) is 25.4 Å². The van der Waals surface area contributed by atoms with Gasteiger partial charge in [0.25, 0.3) is 0 Å². The Bertz CT molecular complexity index is 315. The third-order valence-electron chi connectivity index (χ3n) is 3.64. The van der Waals surface area contributed by atoms with Crippen molar-refractivity contribution in [3.05, 3.63) is 0 Å². The predicted octanol–water partition coefficient (Wildman–Crippen LogP) is 0.340. The minimum absolute atomic E-state index is 0.130. The lowest BCUT2D eigenvalue weighted by Crippen LogP contribution is -2.45. The van der Waals surface area contributed by atoms with Crippen LogP contribution in [0.5, 0.6) is 0 Å². The van der Waals surface area contributed by atoms with Gasteiger partial charge in [-0.1, -0.05) is 0 Å². The van der Waals surface area contributed by atoms with E-state index in [1.807, 2.05) is 27.7 Å². The molecular formula is C12H21BO6. The van der Waals surface area contributed by atoms with Crippen LogP contribution in [0.15, 0.2) is 0 Å². The molecule has 0 aromatic carbocycles. The van der Waals surface area contributed by atoms with Crippen LogP contribution < -0.4 is 0 Å². The van der Waals surface area contributed by atoms with Crippen molar-refractivity contribution in [1.29, 1.82) is 0 Å². The summed E-state index contributed by atoms with van der Waals surface area (Å²) in [5, 5.41) is 0.